The van der Waals surface area contributed by atoms with Crippen molar-refractivity contribution in [3.8, 4) is 11.5 Å². The second-order valence-corrected chi connectivity index (χ2v) is 6.97. The van der Waals surface area contributed by atoms with Crippen molar-refractivity contribution >= 4 is 0 Å². The van der Waals surface area contributed by atoms with Gasteiger partial charge in [0.15, 0.2) is 0 Å². The number of rotatable bonds is 3. The highest BCUT2D eigenvalue weighted by Gasteiger charge is 2.26. The first-order valence-electron chi connectivity index (χ1n) is 6.69. The molecule has 0 fully saturated rings. The molecule has 106 valence electrons. The molecular weight excluding hydrogens is 236 g/mol. The zero-order valence-corrected chi connectivity index (χ0v) is 13.0. The molecule has 0 saturated carbocycles. The van der Waals surface area contributed by atoms with E-state index in [-0.39, 0.29) is 10.8 Å². The number of ether oxygens (including phenoxy) is 1. The smallest absolute Gasteiger partial charge is 0.123 e. The van der Waals surface area contributed by atoms with Crippen molar-refractivity contribution in [1.29, 1.82) is 0 Å². The maximum Gasteiger partial charge on any atom is 0.123 e. The molecule has 2 nitrogen and oxygen atoms in total. The summed E-state index contributed by atoms with van der Waals surface area (Å²) in [6.45, 7) is 16.7. The number of hydrogen-bond donors (Lipinski definition) is 1. The van der Waals surface area contributed by atoms with Crippen LogP contribution in [0.4, 0.5) is 0 Å². The summed E-state index contributed by atoms with van der Waals surface area (Å²) in [5, 5.41) is 10.5. The van der Waals surface area contributed by atoms with E-state index in [0.29, 0.717) is 12.4 Å². The zero-order valence-electron chi connectivity index (χ0n) is 13.0. The molecule has 0 saturated heterocycles. The van der Waals surface area contributed by atoms with Crippen LogP contribution in [-0.2, 0) is 10.8 Å². The number of benzene rings is 1. The first kappa shape index (κ1) is 15.6. The van der Waals surface area contributed by atoms with E-state index in [4.69, 9.17) is 4.74 Å². The molecular formula is C17H26O2. The van der Waals surface area contributed by atoms with Gasteiger partial charge >= 0.3 is 0 Å². The molecule has 19 heavy (non-hydrogen) atoms. The van der Waals surface area contributed by atoms with E-state index in [9.17, 15) is 5.11 Å². The van der Waals surface area contributed by atoms with Crippen LogP contribution in [0.1, 0.15) is 52.7 Å². The Morgan fingerprint density at radius 1 is 1.05 bits per heavy atom. The lowest BCUT2D eigenvalue weighted by atomic mass is 9.79. The summed E-state index contributed by atoms with van der Waals surface area (Å²) in [6, 6.07) is 3.85. The zero-order chi connectivity index (χ0) is 14.8. The van der Waals surface area contributed by atoms with E-state index in [1.807, 2.05) is 12.1 Å². The maximum absolute atomic E-state index is 10.5. The highest BCUT2D eigenvalue weighted by molar-refractivity contribution is 5.51. The minimum absolute atomic E-state index is 0.127. The summed E-state index contributed by atoms with van der Waals surface area (Å²) in [7, 11) is 0. The quantitative estimate of drug-likeness (QED) is 0.810. The summed E-state index contributed by atoms with van der Waals surface area (Å²) in [5.41, 5.74) is 1.58. The molecule has 1 N–H and O–H groups in total. The van der Waals surface area contributed by atoms with E-state index in [1.165, 1.54) is 0 Å². The molecule has 2 heteroatoms. The number of phenolic OH excluding ortho intramolecular Hbond substituents is 1. The van der Waals surface area contributed by atoms with Gasteiger partial charge in [-0.1, -0.05) is 54.2 Å². The van der Waals surface area contributed by atoms with Gasteiger partial charge in [-0.2, -0.15) is 0 Å². The molecule has 0 atom stereocenters. The predicted octanol–water partition coefficient (Wildman–Crippen LogP) is 4.55. The lowest BCUT2D eigenvalue weighted by molar-refractivity contribution is 0.356. The largest absolute Gasteiger partial charge is 0.507 e. The van der Waals surface area contributed by atoms with Gasteiger partial charge in [0.25, 0.3) is 0 Å². The normalized spacial score (nSPS) is 12.3. The van der Waals surface area contributed by atoms with Crippen LogP contribution in [0, 0.1) is 0 Å². The van der Waals surface area contributed by atoms with Crippen LogP contribution in [0.5, 0.6) is 11.5 Å². The van der Waals surface area contributed by atoms with Crippen molar-refractivity contribution in [3.05, 3.63) is 35.9 Å². The van der Waals surface area contributed by atoms with Gasteiger partial charge < -0.3 is 9.84 Å². The fourth-order valence-corrected chi connectivity index (χ4v) is 1.99. The Morgan fingerprint density at radius 2 is 1.47 bits per heavy atom. The lowest BCUT2D eigenvalue weighted by Crippen LogP contribution is -2.17. The maximum atomic E-state index is 10.5. The lowest BCUT2D eigenvalue weighted by Gasteiger charge is -2.28. The average Bonchev–Trinajstić information content (AvgIpc) is 2.24. The Morgan fingerprint density at radius 3 is 1.79 bits per heavy atom. The Hall–Kier alpha value is -1.44. The van der Waals surface area contributed by atoms with Crippen LogP contribution in [0.25, 0.3) is 0 Å². The molecule has 0 aliphatic rings. The number of aromatic hydroxyl groups is 1. The van der Waals surface area contributed by atoms with Crippen LogP contribution in [0.3, 0.4) is 0 Å². The standard InChI is InChI=1S/C17H26O2/c1-8-9-19-12-10-13(16(2,3)4)15(18)14(11-12)17(5,6)7/h8,10-11,18H,1,9H2,2-7H3. The third-order valence-electron chi connectivity index (χ3n) is 3.07. The third kappa shape index (κ3) is 3.76. The summed E-state index contributed by atoms with van der Waals surface area (Å²) >= 11 is 0. The highest BCUT2D eigenvalue weighted by atomic mass is 16.5. The SMILES string of the molecule is C=CCOc1cc(C(C)(C)C)c(O)c(C(C)(C)C)c1. The Balaban J connectivity index is 3.43. The van der Waals surface area contributed by atoms with Crippen LogP contribution in [0.2, 0.25) is 0 Å². The molecule has 0 aliphatic heterocycles. The first-order valence-corrected chi connectivity index (χ1v) is 6.69. The van der Waals surface area contributed by atoms with Gasteiger partial charge in [0, 0.05) is 11.1 Å². The number of hydrogen-bond acceptors (Lipinski definition) is 2. The summed E-state index contributed by atoms with van der Waals surface area (Å²) in [5.74, 6) is 1.17. The molecule has 1 aromatic carbocycles. The van der Waals surface area contributed by atoms with E-state index in [0.717, 1.165) is 16.9 Å². The van der Waals surface area contributed by atoms with Crippen LogP contribution in [-0.4, -0.2) is 11.7 Å². The van der Waals surface area contributed by atoms with E-state index in [2.05, 4.69) is 48.1 Å². The van der Waals surface area contributed by atoms with Crippen LogP contribution < -0.4 is 4.74 Å². The van der Waals surface area contributed by atoms with Gasteiger partial charge in [-0.25, -0.2) is 0 Å². The molecule has 0 amide bonds. The van der Waals surface area contributed by atoms with Crippen molar-refractivity contribution in [2.24, 2.45) is 0 Å². The molecule has 0 aromatic heterocycles. The summed E-state index contributed by atoms with van der Waals surface area (Å²) < 4.78 is 5.65. The second-order valence-electron chi connectivity index (χ2n) is 6.97. The Labute approximate surface area is 117 Å². The molecule has 0 radical (unpaired) electrons. The molecule has 1 aromatic rings. The molecule has 0 aliphatic carbocycles. The van der Waals surface area contributed by atoms with Gasteiger partial charge in [0.2, 0.25) is 0 Å². The van der Waals surface area contributed by atoms with Gasteiger partial charge in [-0.05, 0) is 23.0 Å². The van der Waals surface area contributed by atoms with E-state index >= 15 is 0 Å². The molecule has 0 unspecified atom stereocenters. The average molecular weight is 262 g/mol. The van der Waals surface area contributed by atoms with Crippen molar-refractivity contribution < 1.29 is 9.84 Å². The Kier molecular flexibility index (Phi) is 4.34. The fraction of sp³-hybridized carbons (Fsp3) is 0.529. The second kappa shape index (κ2) is 5.28. The highest BCUT2D eigenvalue weighted by Crippen LogP contribution is 2.41. The minimum Gasteiger partial charge on any atom is -0.507 e. The molecule has 0 heterocycles. The van der Waals surface area contributed by atoms with Gasteiger partial charge in [-0.3, -0.25) is 0 Å². The van der Waals surface area contributed by atoms with Gasteiger partial charge in [-0.15, -0.1) is 0 Å². The molecule has 0 bridgehead atoms. The Bertz CT molecular complexity index is 424. The molecule has 1 rings (SSSR count). The number of phenols is 1. The predicted molar refractivity (Wildman–Crippen MR) is 81.2 cm³/mol. The minimum atomic E-state index is -0.127. The van der Waals surface area contributed by atoms with Crippen LogP contribution >= 0.6 is 0 Å². The van der Waals surface area contributed by atoms with Crippen molar-refractivity contribution in [1.82, 2.24) is 0 Å². The topological polar surface area (TPSA) is 29.5 Å². The first-order chi connectivity index (χ1) is 8.57. The molecule has 0 spiro atoms. The van der Waals surface area contributed by atoms with Gasteiger partial charge in [0.05, 0.1) is 0 Å². The van der Waals surface area contributed by atoms with Crippen molar-refractivity contribution in [2.75, 3.05) is 6.61 Å². The monoisotopic (exact) mass is 262 g/mol. The summed E-state index contributed by atoms with van der Waals surface area (Å²) in [4.78, 5) is 0. The van der Waals surface area contributed by atoms with Crippen LogP contribution in [0.15, 0.2) is 24.8 Å². The summed E-state index contributed by atoms with van der Waals surface area (Å²) in [6.07, 6.45) is 1.72. The van der Waals surface area contributed by atoms with Gasteiger partial charge in [0.1, 0.15) is 18.1 Å². The third-order valence-corrected chi connectivity index (χ3v) is 3.07. The van der Waals surface area contributed by atoms with E-state index < -0.39 is 0 Å². The van der Waals surface area contributed by atoms with Crippen molar-refractivity contribution in [3.63, 3.8) is 0 Å². The van der Waals surface area contributed by atoms with Crippen molar-refractivity contribution in [2.45, 2.75) is 52.4 Å². The van der Waals surface area contributed by atoms with E-state index in [1.54, 1.807) is 6.08 Å². The fourth-order valence-electron chi connectivity index (χ4n) is 1.99.